The molecular formula is C18H20ClN3O2. The number of carbonyl (C=O) groups excluding carboxylic acids is 1. The van der Waals surface area contributed by atoms with Crippen molar-refractivity contribution in [3.8, 4) is 17.0 Å². The Hall–Kier alpha value is -2.53. The van der Waals surface area contributed by atoms with Crippen molar-refractivity contribution in [2.45, 2.75) is 6.92 Å². The molecule has 1 aromatic carbocycles. The summed E-state index contributed by atoms with van der Waals surface area (Å²) >= 11 is 0. The van der Waals surface area contributed by atoms with Crippen molar-refractivity contribution in [1.82, 2.24) is 9.47 Å². The summed E-state index contributed by atoms with van der Waals surface area (Å²) in [7, 11) is 5.36. The number of pyridine rings is 1. The van der Waals surface area contributed by atoms with Crippen LogP contribution in [0, 0.1) is 6.92 Å². The summed E-state index contributed by atoms with van der Waals surface area (Å²) < 4.78 is 9.49. The minimum atomic E-state index is -0.381. The van der Waals surface area contributed by atoms with E-state index in [0.717, 1.165) is 16.9 Å². The quantitative estimate of drug-likeness (QED) is 0.604. The molecule has 0 spiro atoms. The number of aryl methyl sites for hydroxylation is 2. The Morgan fingerprint density at radius 3 is 2.46 bits per heavy atom. The van der Waals surface area contributed by atoms with Gasteiger partial charge in [0.05, 0.1) is 13.2 Å². The van der Waals surface area contributed by atoms with E-state index >= 15 is 0 Å². The molecule has 0 radical (unpaired) electrons. The van der Waals surface area contributed by atoms with Crippen LogP contribution in [0.3, 0.4) is 0 Å². The highest BCUT2D eigenvalue weighted by molar-refractivity contribution is 5.70. The molecule has 3 aromatic rings. The molecule has 6 heteroatoms. The van der Waals surface area contributed by atoms with Crippen molar-refractivity contribution in [3.63, 3.8) is 0 Å². The lowest BCUT2D eigenvalue weighted by atomic mass is 10.1. The molecule has 0 atom stereocenters. The normalized spacial score (nSPS) is 10.3. The first-order valence-electron chi connectivity index (χ1n) is 7.42. The molecule has 0 fully saturated rings. The smallest absolute Gasteiger partial charge is 0.414 e. The summed E-state index contributed by atoms with van der Waals surface area (Å²) in [6.07, 6.45) is 3.77. The molecule has 0 aliphatic rings. The highest BCUT2D eigenvalue weighted by Crippen LogP contribution is 2.23. The van der Waals surface area contributed by atoms with Gasteiger partial charge >= 0.3 is 6.09 Å². The lowest BCUT2D eigenvalue weighted by Gasteiger charge is -2.10. The first-order valence-corrected chi connectivity index (χ1v) is 7.42. The predicted molar refractivity (Wildman–Crippen MR) is 88.5 cm³/mol. The topological polar surface area (TPSA) is 38.6 Å². The fourth-order valence-corrected chi connectivity index (χ4v) is 2.48. The van der Waals surface area contributed by atoms with E-state index in [2.05, 4.69) is 40.4 Å². The van der Waals surface area contributed by atoms with Crippen LogP contribution in [0.25, 0.3) is 16.9 Å². The summed E-state index contributed by atoms with van der Waals surface area (Å²) in [6.45, 7) is 2.08. The monoisotopic (exact) mass is 345 g/mol. The van der Waals surface area contributed by atoms with Crippen LogP contribution in [0.4, 0.5) is 4.79 Å². The predicted octanol–water partition coefficient (Wildman–Crippen LogP) is -0.196. The highest BCUT2D eigenvalue weighted by Gasteiger charge is 2.16. The van der Waals surface area contributed by atoms with Crippen molar-refractivity contribution in [2.24, 2.45) is 7.05 Å². The van der Waals surface area contributed by atoms with Gasteiger partial charge in [-0.15, -0.1) is 0 Å². The van der Waals surface area contributed by atoms with Crippen molar-refractivity contribution in [3.05, 3.63) is 54.4 Å². The Kier molecular flexibility index (Phi) is 5.14. The van der Waals surface area contributed by atoms with Crippen LogP contribution in [0.5, 0.6) is 5.75 Å². The van der Waals surface area contributed by atoms with E-state index in [0.29, 0.717) is 5.75 Å². The molecule has 0 N–H and O–H groups in total. The van der Waals surface area contributed by atoms with Crippen molar-refractivity contribution < 1.29 is 26.3 Å². The summed E-state index contributed by atoms with van der Waals surface area (Å²) in [5.41, 5.74) is 4.52. The Morgan fingerprint density at radius 2 is 1.83 bits per heavy atom. The van der Waals surface area contributed by atoms with Gasteiger partial charge in [0.25, 0.3) is 5.65 Å². The minimum absolute atomic E-state index is 0. The van der Waals surface area contributed by atoms with Gasteiger partial charge in [0, 0.05) is 25.7 Å². The SMILES string of the molecule is Cc1cc[n+]2cc(-c3ccc(OC(=O)N(C)C)cc3)n(C)c2c1.[Cl-]. The van der Waals surface area contributed by atoms with Gasteiger partial charge in [-0.25, -0.2) is 13.8 Å². The van der Waals surface area contributed by atoms with E-state index in [4.69, 9.17) is 4.74 Å². The molecule has 0 saturated heterocycles. The molecule has 0 aliphatic heterocycles. The van der Waals surface area contributed by atoms with E-state index in [1.807, 2.05) is 31.3 Å². The van der Waals surface area contributed by atoms with Crippen molar-refractivity contribution >= 4 is 11.7 Å². The molecule has 1 amide bonds. The third-order valence-corrected chi connectivity index (χ3v) is 3.81. The van der Waals surface area contributed by atoms with Crippen LogP contribution >= 0.6 is 0 Å². The maximum Gasteiger partial charge on any atom is 0.414 e. The number of carbonyl (C=O) groups is 1. The van der Waals surface area contributed by atoms with Crippen LogP contribution in [0.15, 0.2) is 48.8 Å². The Morgan fingerprint density at radius 1 is 1.17 bits per heavy atom. The second-order valence-electron chi connectivity index (χ2n) is 5.83. The third-order valence-electron chi connectivity index (χ3n) is 3.81. The molecule has 0 saturated carbocycles. The van der Waals surface area contributed by atoms with E-state index < -0.39 is 0 Å². The molecule has 0 bridgehead atoms. The number of rotatable bonds is 2. The van der Waals surface area contributed by atoms with Gasteiger partial charge in [0.15, 0.2) is 5.69 Å². The number of hydrogen-bond acceptors (Lipinski definition) is 2. The lowest BCUT2D eigenvalue weighted by Crippen LogP contribution is -3.00. The average molecular weight is 346 g/mol. The van der Waals surface area contributed by atoms with Gasteiger partial charge in [-0.3, -0.25) is 0 Å². The van der Waals surface area contributed by atoms with E-state index in [-0.39, 0.29) is 18.5 Å². The first kappa shape index (κ1) is 17.8. The minimum Gasteiger partial charge on any atom is -1.00 e. The van der Waals surface area contributed by atoms with Gasteiger partial charge < -0.3 is 22.0 Å². The zero-order valence-corrected chi connectivity index (χ0v) is 14.9. The molecule has 0 unspecified atom stereocenters. The summed E-state index contributed by atoms with van der Waals surface area (Å²) in [5, 5.41) is 0. The number of aromatic nitrogens is 2. The number of nitrogens with zero attached hydrogens (tertiary/aromatic N) is 3. The molecular weight excluding hydrogens is 326 g/mol. The van der Waals surface area contributed by atoms with Crippen molar-refractivity contribution in [2.75, 3.05) is 14.1 Å². The number of fused-ring (bicyclic) bond motifs is 1. The molecule has 24 heavy (non-hydrogen) atoms. The summed E-state index contributed by atoms with van der Waals surface area (Å²) in [4.78, 5) is 13.0. The maximum atomic E-state index is 11.6. The highest BCUT2D eigenvalue weighted by atomic mass is 35.5. The zero-order chi connectivity index (χ0) is 16.6. The van der Waals surface area contributed by atoms with E-state index in [1.165, 1.54) is 10.5 Å². The maximum absolute atomic E-state index is 11.6. The average Bonchev–Trinajstić information content (AvgIpc) is 2.85. The van der Waals surface area contributed by atoms with Crippen LogP contribution in [0.1, 0.15) is 5.56 Å². The number of hydrogen-bond donors (Lipinski definition) is 0. The standard InChI is InChI=1S/C18H20N3O2.ClH/c1-13-9-10-21-12-16(20(4)17(21)11-13)14-5-7-15(8-6-14)23-18(22)19(2)3;/h5-12H,1-4H3;1H/q+1;/p-1. The molecule has 2 aromatic heterocycles. The first-order chi connectivity index (χ1) is 11.0. The van der Waals surface area contributed by atoms with E-state index in [9.17, 15) is 4.79 Å². The third kappa shape index (κ3) is 3.36. The Balaban J connectivity index is 0.00000208. The van der Waals surface area contributed by atoms with Crippen molar-refractivity contribution in [1.29, 1.82) is 0 Å². The van der Waals surface area contributed by atoms with E-state index in [1.54, 1.807) is 14.1 Å². The number of benzene rings is 1. The van der Waals surface area contributed by atoms with Gasteiger partial charge in [0.2, 0.25) is 0 Å². The second kappa shape index (κ2) is 6.93. The largest absolute Gasteiger partial charge is 1.00 e. The van der Waals surface area contributed by atoms with Crippen LogP contribution in [-0.4, -0.2) is 29.7 Å². The molecule has 5 nitrogen and oxygen atoms in total. The Labute approximate surface area is 147 Å². The van der Waals surface area contributed by atoms with Gasteiger partial charge in [-0.05, 0) is 42.8 Å². The molecule has 2 heterocycles. The number of ether oxygens (including phenoxy) is 1. The number of amides is 1. The number of imidazole rings is 1. The molecule has 3 rings (SSSR count). The number of halogens is 1. The Bertz CT molecular complexity index is 870. The van der Waals surface area contributed by atoms with Crippen LogP contribution in [0.2, 0.25) is 0 Å². The van der Waals surface area contributed by atoms with Crippen LogP contribution < -0.4 is 21.5 Å². The molecule has 0 aliphatic carbocycles. The second-order valence-corrected chi connectivity index (χ2v) is 5.83. The van der Waals surface area contributed by atoms with Gasteiger partial charge in [0.1, 0.15) is 11.9 Å². The fraction of sp³-hybridized carbons (Fsp3) is 0.222. The van der Waals surface area contributed by atoms with Gasteiger partial charge in [-0.1, -0.05) is 0 Å². The van der Waals surface area contributed by atoms with Crippen LogP contribution in [-0.2, 0) is 7.05 Å². The molecule has 126 valence electrons. The zero-order valence-electron chi connectivity index (χ0n) is 14.2. The summed E-state index contributed by atoms with van der Waals surface area (Å²) in [6, 6.07) is 11.8. The lowest BCUT2D eigenvalue weighted by molar-refractivity contribution is -0.510. The summed E-state index contributed by atoms with van der Waals surface area (Å²) in [5.74, 6) is 0.537. The van der Waals surface area contributed by atoms with Gasteiger partial charge in [-0.2, -0.15) is 0 Å². The fourth-order valence-electron chi connectivity index (χ4n) is 2.48.